The van der Waals surface area contributed by atoms with Crippen LogP contribution in [0.25, 0.3) is 0 Å². The minimum Gasteiger partial charge on any atom is -0.313 e. The van der Waals surface area contributed by atoms with Gasteiger partial charge < -0.3 is 4.84 Å². The van der Waals surface area contributed by atoms with Crippen molar-refractivity contribution in [1.82, 2.24) is 0 Å². The summed E-state index contributed by atoms with van der Waals surface area (Å²) in [6.45, 7) is 1.95. The summed E-state index contributed by atoms with van der Waals surface area (Å²) in [5, 5.41) is 4.30. The zero-order valence-corrected chi connectivity index (χ0v) is 11.1. The van der Waals surface area contributed by atoms with Gasteiger partial charge in [0.2, 0.25) is 0 Å². The fourth-order valence-corrected chi connectivity index (χ4v) is 1.55. The molecule has 0 atom stereocenters. The number of halogens is 1. The zero-order chi connectivity index (χ0) is 13.7. The molecule has 0 spiro atoms. The summed E-state index contributed by atoms with van der Waals surface area (Å²) in [6.07, 6.45) is 1.46. The van der Waals surface area contributed by atoms with Crippen LogP contribution < -0.4 is 0 Å². The molecule has 19 heavy (non-hydrogen) atoms. The number of oxime groups is 1. The molecule has 0 saturated carbocycles. The Bertz CT molecular complexity index is 589. The monoisotopic (exact) mass is 273 g/mol. The van der Waals surface area contributed by atoms with Crippen molar-refractivity contribution in [2.45, 2.75) is 6.92 Å². The second-order valence-corrected chi connectivity index (χ2v) is 4.47. The van der Waals surface area contributed by atoms with Crippen LogP contribution in [-0.4, -0.2) is 12.2 Å². The SMILES string of the molecule is Cc1ccc(C(=O)O/N=C\c2ccc(Cl)cc2)cc1. The first-order valence-electron chi connectivity index (χ1n) is 5.72. The lowest BCUT2D eigenvalue weighted by molar-refractivity contribution is 0.0519. The first-order chi connectivity index (χ1) is 9.15. The molecule has 0 aliphatic heterocycles. The van der Waals surface area contributed by atoms with Crippen LogP contribution >= 0.6 is 11.6 Å². The Labute approximate surface area is 116 Å². The van der Waals surface area contributed by atoms with E-state index in [4.69, 9.17) is 16.4 Å². The molecule has 2 aromatic rings. The van der Waals surface area contributed by atoms with E-state index < -0.39 is 5.97 Å². The van der Waals surface area contributed by atoms with E-state index in [1.54, 1.807) is 36.4 Å². The highest BCUT2D eigenvalue weighted by Gasteiger charge is 2.05. The number of aryl methyl sites for hydroxylation is 1. The summed E-state index contributed by atoms with van der Waals surface area (Å²) in [4.78, 5) is 16.4. The highest BCUT2D eigenvalue weighted by Crippen LogP contribution is 2.08. The Morgan fingerprint density at radius 3 is 2.37 bits per heavy atom. The van der Waals surface area contributed by atoms with E-state index in [2.05, 4.69) is 5.16 Å². The molecular weight excluding hydrogens is 262 g/mol. The van der Waals surface area contributed by atoms with Crippen molar-refractivity contribution < 1.29 is 9.63 Å². The quantitative estimate of drug-likeness (QED) is 0.484. The molecule has 0 aromatic heterocycles. The topological polar surface area (TPSA) is 38.7 Å². The summed E-state index contributed by atoms with van der Waals surface area (Å²) in [6, 6.07) is 14.1. The molecule has 3 nitrogen and oxygen atoms in total. The molecule has 0 saturated heterocycles. The Morgan fingerprint density at radius 1 is 1.11 bits per heavy atom. The van der Waals surface area contributed by atoms with Crippen molar-refractivity contribution in [3.05, 3.63) is 70.2 Å². The molecule has 2 rings (SSSR count). The van der Waals surface area contributed by atoms with Crippen LogP contribution in [0.3, 0.4) is 0 Å². The molecule has 0 unspecified atom stereocenters. The number of hydrogen-bond donors (Lipinski definition) is 0. The molecular formula is C15H12ClNO2. The summed E-state index contributed by atoms with van der Waals surface area (Å²) >= 11 is 5.76. The minimum atomic E-state index is -0.481. The Kier molecular flexibility index (Phi) is 4.31. The van der Waals surface area contributed by atoms with Gasteiger partial charge in [-0.15, -0.1) is 0 Å². The fraction of sp³-hybridized carbons (Fsp3) is 0.0667. The van der Waals surface area contributed by atoms with Gasteiger partial charge in [-0.2, -0.15) is 0 Å². The first kappa shape index (κ1) is 13.3. The normalized spacial score (nSPS) is 10.6. The Hall–Kier alpha value is -2.13. The third kappa shape index (κ3) is 3.93. The lowest BCUT2D eigenvalue weighted by atomic mass is 10.2. The number of carbonyl (C=O) groups is 1. The third-order valence-electron chi connectivity index (χ3n) is 2.49. The molecule has 0 amide bonds. The van der Waals surface area contributed by atoms with Crippen molar-refractivity contribution in [2.75, 3.05) is 0 Å². The largest absolute Gasteiger partial charge is 0.365 e. The van der Waals surface area contributed by atoms with E-state index in [1.807, 2.05) is 19.1 Å². The van der Waals surface area contributed by atoms with Crippen LogP contribution in [0.4, 0.5) is 0 Å². The average molecular weight is 274 g/mol. The smallest absolute Gasteiger partial charge is 0.313 e. The van der Waals surface area contributed by atoms with Gasteiger partial charge in [-0.3, -0.25) is 0 Å². The molecule has 0 N–H and O–H groups in total. The van der Waals surface area contributed by atoms with Gasteiger partial charge in [0, 0.05) is 5.02 Å². The maximum Gasteiger partial charge on any atom is 0.365 e. The predicted octanol–water partition coefficient (Wildman–Crippen LogP) is 3.84. The van der Waals surface area contributed by atoms with E-state index in [-0.39, 0.29) is 0 Å². The number of rotatable bonds is 3. The molecule has 2 aromatic carbocycles. The standard InChI is InChI=1S/C15H12ClNO2/c1-11-2-6-13(7-3-11)15(18)19-17-10-12-4-8-14(16)9-5-12/h2-10H,1H3/b17-10-. The summed E-state index contributed by atoms with van der Waals surface area (Å²) < 4.78 is 0. The highest BCUT2D eigenvalue weighted by molar-refractivity contribution is 6.30. The molecule has 0 bridgehead atoms. The molecule has 4 heteroatoms. The van der Waals surface area contributed by atoms with Crippen LogP contribution in [0.5, 0.6) is 0 Å². The minimum absolute atomic E-state index is 0.471. The second kappa shape index (κ2) is 6.16. The van der Waals surface area contributed by atoms with Crippen molar-refractivity contribution in [2.24, 2.45) is 5.16 Å². The zero-order valence-electron chi connectivity index (χ0n) is 10.3. The summed E-state index contributed by atoms with van der Waals surface area (Å²) in [7, 11) is 0. The molecule has 0 aliphatic carbocycles. The van der Waals surface area contributed by atoms with E-state index in [1.165, 1.54) is 6.21 Å². The summed E-state index contributed by atoms with van der Waals surface area (Å²) in [5.41, 5.74) is 2.36. The third-order valence-corrected chi connectivity index (χ3v) is 2.75. The van der Waals surface area contributed by atoms with Gasteiger partial charge in [-0.05, 0) is 36.8 Å². The van der Waals surface area contributed by atoms with Gasteiger partial charge in [-0.25, -0.2) is 4.79 Å². The highest BCUT2D eigenvalue weighted by atomic mass is 35.5. The van der Waals surface area contributed by atoms with Crippen molar-refractivity contribution in [1.29, 1.82) is 0 Å². The Balaban J connectivity index is 1.96. The number of benzene rings is 2. The van der Waals surface area contributed by atoms with Crippen LogP contribution in [-0.2, 0) is 4.84 Å². The maximum atomic E-state index is 11.6. The van der Waals surface area contributed by atoms with Crippen molar-refractivity contribution >= 4 is 23.8 Å². The lowest BCUT2D eigenvalue weighted by Gasteiger charge is -1.98. The van der Waals surface area contributed by atoms with E-state index in [9.17, 15) is 4.79 Å². The number of hydrogen-bond acceptors (Lipinski definition) is 3. The molecule has 0 aliphatic rings. The predicted molar refractivity (Wildman–Crippen MR) is 75.6 cm³/mol. The first-order valence-corrected chi connectivity index (χ1v) is 6.10. The Morgan fingerprint density at radius 2 is 1.74 bits per heavy atom. The van der Waals surface area contributed by atoms with E-state index in [0.717, 1.165) is 11.1 Å². The van der Waals surface area contributed by atoms with Crippen LogP contribution in [0.1, 0.15) is 21.5 Å². The molecule has 96 valence electrons. The number of nitrogens with zero attached hydrogens (tertiary/aromatic N) is 1. The maximum absolute atomic E-state index is 11.6. The van der Waals surface area contributed by atoms with Crippen molar-refractivity contribution in [3.8, 4) is 0 Å². The lowest BCUT2D eigenvalue weighted by Crippen LogP contribution is -2.00. The van der Waals surface area contributed by atoms with Gasteiger partial charge in [0.15, 0.2) is 0 Å². The van der Waals surface area contributed by atoms with Gasteiger partial charge in [0.25, 0.3) is 0 Å². The van der Waals surface area contributed by atoms with Crippen LogP contribution in [0, 0.1) is 6.92 Å². The number of carbonyl (C=O) groups excluding carboxylic acids is 1. The van der Waals surface area contributed by atoms with Gasteiger partial charge in [-0.1, -0.05) is 46.6 Å². The molecule has 0 radical (unpaired) electrons. The van der Waals surface area contributed by atoms with Crippen LogP contribution in [0.2, 0.25) is 5.02 Å². The molecule has 0 fully saturated rings. The van der Waals surface area contributed by atoms with Gasteiger partial charge in [0.05, 0.1) is 11.8 Å². The van der Waals surface area contributed by atoms with E-state index >= 15 is 0 Å². The van der Waals surface area contributed by atoms with Crippen molar-refractivity contribution in [3.63, 3.8) is 0 Å². The fourth-order valence-electron chi connectivity index (χ4n) is 1.43. The summed E-state index contributed by atoms with van der Waals surface area (Å²) in [5.74, 6) is -0.481. The van der Waals surface area contributed by atoms with Gasteiger partial charge >= 0.3 is 5.97 Å². The second-order valence-electron chi connectivity index (χ2n) is 4.03. The average Bonchev–Trinajstić information content (AvgIpc) is 2.41. The van der Waals surface area contributed by atoms with E-state index in [0.29, 0.717) is 10.6 Å². The van der Waals surface area contributed by atoms with Crippen LogP contribution in [0.15, 0.2) is 53.7 Å². The van der Waals surface area contributed by atoms with Gasteiger partial charge in [0.1, 0.15) is 0 Å². The molecule has 0 heterocycles.